The molecule has 3 rings (SSSR count). The van der Waals surface area contributed by atoms with Gasteiger partial charge in [-0.1, -0.05) is 45.1 Å². The van der Waals surface area contributed by atoms with Crippen LogP contribution >= 0.6 is 0 Å². The second-order valence-electron chi connectivity index (χ2n) is 10.7. The standard InChI is InChI=1S/C29H35NO6/c1-26(2)19-28(5,18-21(30-6)25(26)32)13-12-24(31)27(3,4)29(35-15-16-36-29)14-11-20-9-10-22(33-7)23(17-20)34-8/h9-14,17-18H,15-16,19H2,1-5,7-8H3/b13-12+,14-11+/t28-/m0/s1. The van der Waals surface area contributed by atoms with Gasteiger partial charge in [0.1, 0.15) is 0 Å². The van der Waals surface area contributed by atoms with Gasteiger partial charge in [-0.05, 0) is 55.5 Å². The molecule has 192 valence electrons. The fraction of sp³-hybridized carbons (Fsp3) is 0.483. The van der Waals surface area contributed by atoms with Crippen LogP contribution in [0.1, 0.15) is 46.6 Å². The number of carbonyl (C=O) groups is 2. The van der Waals surface area contributed by atoms with Crippen molar-refractivity contribution in [2.75, 3.05) is 27.4 Å². The first kappa shape index (κ1) is 27.4. The van der Waals surface area contributed by atoms with E-state index >= 15 is 0 Å². The molecular formula is C29H35NO6. The Morgan fingerprint density at radius 3 is 2.31 bits per heavy atom. The summed E-state index contributed by atoms with van der Waals surface area (Å²) in [4.78, 5) is 29.5. The van der Waals surface area contributed by atoms with E-state index in [0.717, 1.165) is 5.56 Å². The molecule has 1 aromatic rings. The number of carbonyl (C=O) groups excluding carboxylic acids is 2. The van der Waals surface area contributed by atoms with Crippen molar-refractivity contribution in [1.29, 1.82) is 0 Å². The highest BCUT2D eigenvalue weighted by Gasteiger charge is 2.52. The molecule has 0 amide bonds. The van der Waals surface area contributed by atoms with Gasteiger partial charge in [0.05, 0.1) is 39.4 Å². The van der Waals surface area contributed by atoms with Gasteiger partial charge < -0.3 is 23.7 Å². The molecule has 0 radical (unpaired) electrons. The number of ether oxygens (including phenoxy) is 4. The van der Waals surface area contributed by atoms with E-state index < -0.39 is 22.0 Å². The number of ketones is 2. The lowest BCUT2D eigenvalue weighted by Crippen LogP contribution is -2.48. The van der Waals surface area contributed by atoms with Crippen molar-refractivity contribution in [3.8, 4) is 11.5 Å². The van der Waals surface area contributed by atoms with Crippen molar-refractivity contribution in [3.63, 3.8) is 0 Å². The number of Topliss-reactive ketones (excluding diaryl/α,β-unsaturated/α-hetero) is 1. The minimum Gasteiger partial charge on any atom is -0.493 e. The summed E-state index contributed by atoms with van der Waals surface area (Å²) in [5.74, 6) is -0.400. The third-order valence-electron chi connectivity index (χ3n) is 6.98. The fourth-order valence-corrected chi connectivity index (χ4v) is 4.90. The Labute approximate surface area is 213 Å². The summed E-state index contributed by atoms with van der Waals surface area (Å²) in [5, 5.41) is 0. The normalized spacial score (nSPS) is 23.5. The molecule has 1 aromatic carbocycles. The van der Waals surface area contributed by atoms with Crippen LogP contribution in [-0.4, -0.2) is 44.8 Å². The maximum atomic E-state index is 13.5. The van der Waals surface area contributed by atoms with E-state index in [0.29, 0.717) is 31.1 Å². The second kappa shape index (κ2) is 10.0. The number of allylic oxidation sites excluding steroid dienone is 4. The first-order valence-corrected chi connectivity index (χ1v) is 11.9. The van der Waals surface area contributed by atoms with Crippen LogP contribution in [0.4, 0.5) is 0 Å². The van der Waals surface area contributed by atoms with Crippen LogP contribution < -0.4 is 9.47 Å². The molecular weight excluding hydrogens is 458 g/mol. The summed E-state index contributed by atoms with van der Waals surface area (Å²) in [6.07, 6.45) is 9.10. The zero-order valence-electron chi connectivity index (χ0n) is 22.1. The van der Waals surface area contributed by atoms with Crippen LogP contribution in [-0.2, 0) is 19.1 Å². The first-order valence-electron chi connectivity index (χ1n) is 11.9. The van der Waals surface area contributed by atoms with Crippen LogP contribution in [0.25, 0.3) is 10.9 Å². The minimum atomic E-state index is -1.26. The summed E-state index contributed by atoms with van der Waals surface area (Å²) in [5.41, 5.74) is -1.41. The Hall–Kier alpha value is -3.21. The summed E-state index contributed by atoms with van der Waals surface area (Å²) in [6, 6.07) is 5.52. The van der Waals surface area contributed by atoms with Crippen molar-refractivity contribution in [1.82, 2.24) is 0 Å². The van der Waals surface area contributed by atoms with Crippen molar-refractivity contribution in [3.05, 3.63) is 65.2 Å². The van der Waals surface area contributed by atoms with Gasteiger partial charge in [-0.3, -0.25) is 4.79 Å². The molecule has 1 heterocycles. The molecule has 7 nitrogen and oxygen atoms in total. The average Bonchev–Trinajstić information content (AvgIpc) is 3.34. The van der Waals surface area contributed by atoms with Crippen LogP contribution in [0.5, 0.6) is 11.5 Å². The lowest BCUT2D eigenvalue weighted by molar-refractivity contribution is -0.191. The van der Waals surface area contributed by atoms with E-state index in [-0.39, 0.29) is 17.3 Å². The second-order valence-corrected chi connectivity index (χ2v) is 10.7. The molecule has 1 aliphatic heterocycles. The molecule has 0 unspecified atom stereocenters. The summed E-state index contributed by atoms with van der Waals surface area (Å²) in [7, 11) is 3.15. The van der Waals surface area contributed by atoms with E-state index in [9.17, 15) is 9.59 Å². The Morgan fingerprint density at radius 1 is 1.08 bits per heavy atom. The fourth-order valence-electron chi connectivity index (χ4n) is 4.90. The molecule has 0 spiro atoms. The predicted molar refractivity (Wildman–Crippen MR) is 137 cm³/mol. The number of hydrogen-bond acceptors (Lipinski definition) is 6. The van der Waals surface area contributed by atoms with Gasteiger partial charge in [0, 0.05) is 5.41 Å². The monoisotopic (exact) mass is 493 g/mol. The Kier molecular flexibility index (Phi) is 7.64. The van der Waals surface area contributed by atoms with Gasteiger partial charge in [-0.25, -0.2) is 4.85 Å². The van der Waals surface area contributed by atoms with E-state index in [1.165, 1.54) is 6.08 Å². The lowest BCUT2D eigenvalue weighted by Gasteiger charge is -2.39. The number of hydrogen-bond donors (Lipinski definition) is 0. The van der Waals surface area contributed by atoms with Crippen LogP contribution in [0.3, 0.4) is 0 Å². The van der Waals surface area contributed by atoms with Crippen LogP contribution in [0.15, 0.2) is 48.2 Å². The van der Waals surface area contributed by atoms with E-state index in [1.807, 2.05) is 45.0 Å². The van der Waals surface area contributed by atoms with Gasteiger partial charge in [0.2, 0.25) is 11.5 Å². The van der Waals surface area contributed by atoms with Crippen molar-refractivity contribution in [2.45, 2.75) is 46.8 Å². The maximum Gasteiger partial charge on any atom is 0.226 e. The molecule has 2 aliphatic rings. The zero-order chi connectivity index (χ0) is 26.8. The van der Waals surface area contributed by atoms with Crippen molar-refractivity contribution >= 4 is 17.6 Å². The van der Waals surface area contributed by atoms with E-state index in [2.05, 4.69) is 4.85 Å². The summed E-state index contributed by atoms with van der Waals surface area (Å²) in [6.45, 7) is 17.3. The van der Waals surface area contributed by atoms with Crippen molar-refractivity contribution < 1.29 is 28.5 Å². The van der Waals surface area contributed by atoms with E-state index in [4.69, 9.17) is 25.5 Å². The van der Waals surface area contributed by atoms with E-state index in [1.54, 1.807) is 46.3 Å². The summed E-state index contributed by atoms with van der Waals surface area (Å²) < 4.78 is 22.8. The lowest BCUT2D eigenvalue weighted by atomic mass is 9.66. The van der Waals surface area contributed by atoms with Gasteiger partial charge in [0.25, 0.3) is 0 Å². The van der Waals surface area contributed by atoms with Gasteiger partial charge >= 0.3 is 0 Å². The quantitative estimate of drug-likeness (QED) is 0.356. The van der Waals surface area contributed by atoms with Gasteiger partial charge in [-0.2, -0.15) is 0 Å². The highest BCUT2D eigenvalue weighted by molar-refractivity contribution is 6.02. The van der Waals surface area contributed by atoms with Gasteiger partial charge in [0.15, 0.2) is 23.1 Å². The average molecular weight is 494 g/mol. The molecule has 0 bridgehead atoms. The van der Waals surface area contributed by atoms with Crippen molar-refractivity contribution in [2.24, 2.45) is 16.2 Å². The molecule has 0 N–H and O–H groups in total. The highest BCUT2D eigenvalue weighted by atomic mass is 16.7. The smallest absolute Gasteiger partial charge is 0.226 e. The highest BCUT2D eigenvalue weighted by Crippen LogP contribution is 2.45. The third-order valence-corrected chi connectivity index (χ3v) is 6.98. The Morgan fingerprint density at radius 2 is 1.72 bits per heavy atom. The van der Waals surface area contributed by atoms with Gasteiger partial charge in [-0.15, -0.1) is 0 Å². The molecule has 0 saturated carbocycles. The molecule has 7 heteroatoms. The predicted octanol–water partition coefficient (Wildman–Crippen LogP) is 5.42. The zero-order valence-corrected chi connectivity index (χ0v) is 22.1. The number of nitrogens with zero attached hydrogens (tertiary/aromatic N) is 1. The number of rotatable bonds is 8. The summed E-state index contributed by atoms with van der Waals surface area (Å²) >= 11 is 0. The Balaban J connectivity index is 1.90. The van der Waals surface area contributed by atoms with Crippen LogP contribution in [0.2, 0.25) is 0 Å². The third kappa shape index (κ3) is 5.16. The molecule has 36 heavy (non-hydrogen) atoms. The molecule has 1 saturated heterocycles. The molecule has 0 aromatic heterocycles. The molecule has 1 atom stereocenters. The SMILES string of the molecule is [C-]#[N+]C1=C[C@](C)(/C=C/C(=O)C(C)(C)C2(/C=C/c3ccc(OC)c(OC)c3)OCCO2)CC(C)(C)C1=O. The largest absolute Gasteiger partial charge is 0.493 e. The first-order chi connectivity index (χ1) is 16.8. The molecule has 1 aliphatic carbocycles. The maximum absolute atomic E-state index is 13.5. The molecule has 1 fully saturated rings. The number of methoxy groups -OCH3 is 2. The minimum absolute atomic E-state index is 0.113. The topological polar surface area (TPSA) is 75.4 Å². The Bertz CT molecular complexity index is 1160. The van der Waals surface area contributed by atoms with Crippen LogP contribution in [0, 0.1) is 22.8 Å². The number of benzene rings is 1.